The molecule has 0 saturated carbocycles. The molecule has 0 spiro atoms. The van der Waals surface area contributed by atoms with Gasteiger partial charge in [0.2, 0.25) is 35.7 Å². The van der Waals surface area contributed by atoms with Gasteiger partial charge in [0.05, 0.1) is 0 Å². The molecule has 2 aromatic heterocycles. The van der Waals surface area contributed by atoms with E-state index >= 15 is 0 Å². The monoisotopic (exact) mass is 448 g/mol. The summed E-state index contributed by atoms with van der Waals surface area (Å²) in [6.45, 7) is 2.53. The first-order valence-electron chi connectivity index (χ1n) is 11.1. The van der Waals surface area contributed by atoms with Gasteiger partial charge in [-0.15, -0.1) is 0 Å². The normalized spacial score (nSPS) is 10.7. The summed E-state index contributed by atoms with van der Waals surface area (Å²) >= 11 is 0. The van der Waals surface area contributed by atoms with Crippen molar-refractivity contribution < 1.29 is 5.11 Å². The molecule has 2 rings (SSSR count). The minimum atomic E-state index is 0.188. The van der Waals surface area contributed by atoms with Gasteiger partial charge in [-0.2, -0.15) is 29.9 Å². The summed E-state index contributed by atoms with van der Waals surface area (Å²) in [6.07, 6.45) is 8.01. The van der Waals surface area contributed by atoms with Crippen molar-refractivity contribution in [1.82, 2.24) is 29.9 Å². The van der Waals surface area contributed by atoms with Gasteiger partial charge < -0.3 is 37.8 Å². The number of aliphatic hydroxyl groups is 1. The van der Waals surface area contributed by atoms with Crippen LogP contribution < -0.4 is 32.7 Å². The van der Waals surface area contributed by atoms with Gasteiger partial charge in [-0.3, -0.25) is 0 Å². The van der Waals surface area contributed by atoms with Crippen LogP contribution in [-0.2, 0) is 0 Å². The highest BCUT2D eigenvalue weighted by Gasteiger charge is 2.04. The van der Waals surface area contributed by atoms with Gasteiger partial charge in [0, 0.05) is 33.3 Å². The van der Waals surface area contributed by atoms with E-state index in [-0.39, 0.29) is 18.5 Å². The average molecular weight is 449 g/mol. The smallest absolute Gasteiger partial charge is 0.229 e. The van der Waals surface area contributed by atoms with E-state index in [1.54, 1.807) is 7.05 Å². The molecule has 178 valence electrons. The Morgan fingerprint density at radius 3 is 1.34 bits per heavy atom. The number of nitrogen functional groups attached to an aromatic ring is 2. The summed E-state index contributed by atoms with van der Waals surface area (Å²) in [4.78, 5) is 24.8. The Balaban J connectivity index is 1.57. The summed E-state index contributed by atoms with van der Waals surface area (Å²) in [7, 11) is 1.73. The largest absolute Gasteiger partial charge is 0.396 e. The van der Waals surface area contributed by atoms with Crippen molar-refractivity contribution in [2.24, 2.45) is 0 Å². The van der Waals surface area contributed by atoms with Crippen molar-refractivity contribution in [3.63, 3.8) is 0 Å². The molecule has 0 radical (unpaired) electrons. The van der Waals surface area contributed by atoms with Gasteiger partial charge in [0.15, 0.2) is 0 Å². The quantitative estimate of drug-likeness (QED) is 0.171. The first-order chi connectivity index (χ1) is 15.6. The number of nitrogens with zero attached hydrogens (tertiary/aromatic N) is 6. The second kappa shape index (κ2) is 14.7. The van der Waals surface area contributed by atoms with Crippen LogP contribution in [0.15, 0.2) is 0 Å². The van der Waals surface area contributed by atoms with Crippen LogP contribution in [0.3, 0.4) is 0 Å². The van der Waals surface area contributed by atoms with Crippen molar-refractivity contribution in [3.05, 3.63) is 0 Å². The molecule has 13 heteroatoms. The Morgan fingerprint density at radius 2 is 0.938 bits per heavy atom. The molecular weight excluding hydrogens is 412 g/mol. The number of nitrogens with one attached hydrogen (secondary N) is 4. The van der Waals surface area contributed by atoms with Crippen LogP contribution in [-0.4, -0.2) is 68.3 Å². The molecular formula is C19H36N12O. The van der Waals surface area contributed by atoms with E-state index < -0.39 is 0 Å². The second-order valence-corrected chi connectivity index (χ2v) is 7.26. The van der Waals surface area contributed by atoms with Crippen LogP contribution in [0, 0.1) is 0 Å². The van der Waals surface area contributed by atoms with Crippen molar-refractivity contribution in [3.8, 4) is 0 Å². The molecule has 13 nitrogen and oxygen atoms in total. The Kier molecular flexibility index (Phi) is 11.5. The molecule has 0 saturated heterocycles. The molecule has 32 heavy (non-hydrogen) atoms. The van der Waals surface area contributed by atoms with E-state index in [0.29, 0.717) is 23.8 Å². The fourth-order valence-electron chi connectivity index (χ4n) is 2.93. The van der Waals surface area contributed by atoms with Gasteiger partial charge in [-0.05, 0) is 25.7 Å². The fraction of sp³-hybridized carbons (Fsp3) is 0.684. The standard InChI is InChI=1S/C19H36N12O/c1-22-16-26-14(20)27-17(30-16)23-10-6-2-3-7-11-24-18-28-15(21)29-19(31-18)25-12-8-4-5-9-13-32/h32H,2-13H2,1H3,(H4,20,22,23,26,27,30)(H4,21,24,25,28,29,31). The third kappa shape index (κ3) is 10.2. The lowest BCUT2D eigenvalue weighted by molar-refractivity contribution is 0.283. The molecule has 0 aliphatic rings. The molecule has 0 unspecified atom stereocenters. The first-order valence-corrected chi connectivity index (χ1v) is 11.1. The molecule has 2 heterocycles. The SMILES string of the molecule is CNc1nc(N)nc(NCCCCCCNc2nc(N)nc(NCCCCCCO)n2)n1. The number of hydrogen-bond acceptors (Lipinski definition) is 13. The zero-order chi connectivity index (χ0) is 23.0. The number of hydrogen-bond donors (Lipinski definition) is 7. The lowest BCUT2D eigenvalue weighted by Crippen LogP contribution is -2.12. The molecule has 0 bridgehead atoms. The zero-order valence-electron chi connectivity index (χ0n) is 18.8. The Bertz CT molecular complexity index is 791. The maximum atomic E-state index is 8.79. The van der Waals surface area contributed by atoms with Crippen molar-refractivity contribution in [1.29, 1.82) is 0 Å². The van der Waals surface area contributed by atoms with E-state index in [2.05, 4.69) is 51.2 Å². The van der Waals surface area contributed by atoms with Crippen molar-refractivity contribution in [2.45, 2.75) is 51.4 Å². The number of rotatable bonds is 17. The van der Waals surface area contributed by atoms with Gasteiger partial charge >= 0.3 is 0 Å². The van der Waals surface area contributed by atoms with E-state index in [0.717, 1.165) is 71.0 Å². The van der Waals surface area contributed by atoms with Crippen LogP contribution in [0.2, 0.25) is 0 Å². The summed E-state index contributed by atoms with van der Waals surface area (Å²) < 4.78 is 0. The Labute approximate surface area is 188 Å². The topological polar surface area (TPSA) is 198 Å². The average Bonchev–Trinajstić information content (AvgIpc) is 2.77. The second-order valence-electron chi connectivity index (χ2n) is 7.26. The molecule has 0 aliphatic heterocycles. The molecule has 2 aromatic rings. The number of anilines is 6. The van der Waals surface area contributed by atoms with E-state index in [1.165, 1.54) is 0 Å². The van der Waals surface area contributed by atoms with Gasteiger partial charge in [0.25, 0.3) is 0 Å². The molecule has 9 N–H and O–H groups in total. The van der Waals surface area contributed by atoms with Crippen molar-refractivity contribution in [2.75, 3.05) is 66.0 Å². The van der Waals surface area contributed by atoms with Crippen molar-refractivity contribution >= 4 is 35.7 Å². The van der Waals surface area contributed by atoms with Crippen LogP contribution in [0.25, 0.3) is 0 Å². The minimum absolute atomic E-state index is 0.188. The number of unbranched alkanes of at least 4 members (excludes halogenated alkanes) is 6. The highest BCUT2D eigenvalue weighted by atomic mass is 16.2. The number of aromatic nitrogens is 6. The molecule has 0 aromatic carbocycles. The Hall–Kier alpha value is -3.22. The van der Waals surface area contributed by atoms with Crippen LogP contribution in [0.5, 0.6) is 0 Å². The fourth-order valence-corrected chi connectivity index (χ4v) is 2.93. The summed E-state index contributed by atoms with van der Waals surface area (Å²) in [5.74, 6) is 2.26. The van der Waals surface area contributed by atoms with Gasteiger partial charge in [-0.1, -0.05) is 25.7 Å². The lowest BCUT2D eigenvalue weighted by atomic mass is 10.2. The van der Waals surface area contributed by atoms with E-state index in [4.69, 9.17) is 16.6 Å². The molecule has 0 amide bonds. The molecule has 0 fully saturated rings. The summed E-state index contributed by atoms with van der Waals surface area (Å²) in [5, 5.41) is 21.2. The predicted octanol–water partition coefficient (Wildman–Crippen LogP) is 1.31. The maximum Gasteiger partial charge on any atom is 0.229 e. The molecule has 0 atom stereocenters. The van der Waals surface area contributed by atoms with Crippen LogP contribution in [0.4, 0.5) is 35.7 Å². The van der Waals surface area contributed by atoms with E-state index in [9.17, 15) is 0 Å². The predicted molar refractivity (Wildman–Crippen MR) is 128 cm³/mol. The van der Waals surface area contributed by atoms with E-state index in [1.807, 2.05) is 0 Å². The first kappa shape index (κ1) is 25.0. The Morgan fingerprint density at radius 1 is 0.562 bits per heavy atom. The lowest BCUT2D eigenvalue weighted by Gasteiger charge is -2.09. The third-order valence-corrected chi connectivity index (χ3v) is 4.57. The highest BCUT2D eigenvalue weighted by molar-refractivity contribution is 5.40. The summed E-state index contributed by atoms with van der Waals surface area (Å²) in [5.41, 5.74) is 11.4. The zero-order valence-corrected chi connectivity index (χ0v) is 18.8. The number of nitrogens with two attached hydrogens (primary N) is 2. The minimum Gasteiger partial charge on any atom is -0.396 e. The molecule has 0 aliphatic carbocycles. The van der Waals surface area contributed by atoms with Crippen LogP contribution in [0.1, 0.15) is 51.4 Å². The van der Waals surface area contributed by atoms with Gasteiger partial charge in [-0.25, -0.2) is 0 Å². The highest BCUT2D eigenvalue weighted by Crippen LogP contribution is 2.09. The maximum absolute atomic E-state index is 8.79. The van der Waals surface area contributed by atoms with Crippen LogP contribution >= 0.6 is 0 Å². The van der Waals surface area contributed by atoms with Gasteiger partial charge in [0.1, 0.15) is 0 Å². The summed E-state index contributed by atoms with van der Waals surface area (Å²) in [6, 6.07) is 0. The number of aliphatic hydroxyl groups excluding tert-OH is 1. The third-order valence-electron chi connectivity index (χ3n) is 4.57.